The SMILES string of the molecule is [Al+3].[Cl-].[Cl-].[Zr+2]. The normalized spacial score (nSPS) is 0. The third-order valence-corrected chi connectivity index (χ3v) is 0. The van der Waals surface area contributed by atoms with Crippen molar-refractivity contribution in [2.45, 2.75) is 0 Å². The quantitative estimate of drug-likeness (QED) is 0.332. The molecule has 0 unspecified atom stereocenters. The second-order valence-electron chi connectivity index (χ2n) is 0. The Morgan fingerprint density at radius 3 is 0.750 bits per heavy atom. The van der Waals surface area contributed by atoms with E-state index < -0.39 is 0 Å². The largest absolute Gasteiger partial charge is 3.00 e. The fourth-order valence-corrected chi connectivity index (χ4v) is 0. The fraction of sp³-hybridized carbons (Fsp3) is 0. The number of rotatable bonds is 0. The van der Waals surface area contributed by atoms with Gasteiger partial charge in [-0.1, -0.05) is 0 Å². The van der Waals surface area contributed by atoms with Crippen LogP contribution in [0.3, 0.4) is 0 Å². The van der Waals surface area contributed by atoms with Gasteiger partial charge in [0, 0.05) is 0 Å². The van der Waals surface area contributed by atoms with Crippen molar-refractivity contribution in [1.29, 1.82) is 0 Å². The van der Waals surface area contributed by atoms with Gasteiger partial charge in [0.15, 0.2) is 0 Å². The van der Waals surface area contributed by atoms with Crippen LogP contribution in [-0.4, -0.2) is 17.4 Å². The number of hydrogen-bond acceptors (Lipinski definition) is 0. The van der Waals surface area contributed by atoms with E-state index >= 15 is 0 Å². The van der Waals surface area contributed by atoms with E-state index in [0.717, 1.165) is 0 Å². The molecular weight excluding hydrogens is 189 g/mol. The second kappa shape index (κ2) is 20.0. The molecule has 0 radical (unpaired) electrons. The van der Waals surface area contributed by atoms with Crippen molar-refractivity contribution in [3.8, 4) is 0 Å². The Morgan fingerprint density at radius 1 is 0.750 bits per heavy atom. The standard InChI is InChI=1S/Al.2ClH.Zr/h;2*1H;/q+3;;;+2/p-2. The molecule has 0 aliphatic carbocycles. The molecule has 0 saturated carbocycles. The van der Waals surface area contributed by atoms with Crippen molar-refractivity contribution in [2.24, 2.45) is 0 Å². The molecule has 18 valence electrons. The first kappa shape index (κ1) is 37.6. The van der Waals surface area contributed by atoms with E-state index in [1.165, 1.54) is 0 Å². The van der Waals surface area contributed by atoms with Gasteiger partial charge in [0.1, 0.15) is 0 Å². The van der Waals surface area contributed by atoms with E-state index in [0.29, 0.717) is 0 Å². The molecule has 0 fully saturated rings. The summed E-state index contributed by atoms with van der Waals surface area (Å²) in [6.45, 7) is 0. The van der Waals surface area contributed by atoms with Gasteiger partial charge in [0.2, 0.25) is 0 Å². The van der Waals surface area contributed by atoms with Gasteiger partial charge in [-0.3, -0.25) is 0 Å². The summed E-state index contributed by atoms with van der Waals surface area (Å²) in [6, 6.07) is 0. The molecule has 0 rings (SSSR count). The molecule has 0 aromatic carbocycles. The number of hydrogen-bond donors (Lipinski definition) is 0. The van der Waals surface area contributed by atoms with Crippen molar-refractivity contribution in [1.82, 2.24) is 0 Å². The number of halogens is 2. The summed E-state index contributed by atoms with van der Waals surface area (Å²) >= 11 is 0. The molecule has 0 aromatic rings. The van der Waals surface area contributed by atoms with Crippen LogP contribution in [0.4, 0.5) is 0 Å². The molecule has 0 nitrogen and oxygen atoms in total. The van der Waals surface area contributed by atoms with Crippen LogP contribution in [0, 0.1) is 0 Å². The average molecular weight is 189 g/mol. The van der Waals surface area contributed by atoms with E-state index in [1.54, 1.807) is 0 Å². The summed E-state index contributed by atoms with van der Waals surface area (Å²) in [7, 11) is 0. The minimum Gasteiger partial charge on any atom is -1.00 e. The molecule has 0 spiro atoms. The van der Waals surface area contributed by atoms with Crippen molar-refractivity contribution in [3.05, 3.63) is 0 Å². The molecule has 0 atom stereocenters. The Hall–Kier alpha value is 2.00. The minimum absolute atomic E-state index is 0. The zero-order chi connectivity index (χ0) is 0. The first-order valence-corrected chi connectivity index (χ1v) is 0. The maximum absolute atomic E-state index is 0. The van der Waals surface area contributed by atoms with Crippen molar-refractivity contribution < 1.29 is 51.0 Å². The van der Waals surface area contributed by atoms with Crippen molar-refractivity contribution in [2.75, 3.05) is 0 Å². The minimum atomic E-state index is 0. The van der Waals surface area contributed by atoms with Crippen LogP contribution in [0.15, 0.2) is 0 Å². The Bertz CT molecular complexity index is 6.00. The zero-order valence-corrected chi connectivity index (χ0v) is 6.96. The summed E-state index contributed by atoms with van der Waals surface area (Å²) < 4.78 is 0. The van der Waals surface area contributed by atoms with Crippen molar-refractivity contribution in [3.63, 3.8) is 0 Å². The van der Waals surface area contributed by atoms with E-state index in [2.05, 4.69) is 0 Å². The summed E-state index contributed by atoms with van der Waals surface area (Å²) in [5.74, 6) is 0. The third-order valence-electron chi connectivity index (χ3n) is 0. The molecule has 0 aliphatic rings. The first-order chi connectivity index (χ1) is 0. The monoisotopic (exact) mass is 187 g/mol. The van der Waals surface area contributed by atoms with Gasteiger partial charge >= 0.3 is 43.6 Å². The molecule has 0 amide bonds. The van der Waals surface area contributed by atoms with Crippen LogP contribution in [0.1, 0.15) is 0 Å². The third kappa shape index (κ3) is 9.00. The summed E-state index contributed by atoms with van der Waals surface area (Å²) in [6.07, 6.45) is 0. The van der Waals surface area contributed by atoms with Crippen LogP contribution < -0.4 is 24.8 Å². The fourth-order valence-electron chi connectivity index (χ4n) is 0. The molecular formula is AlCl2Zr+3. The molecule has 0 aromatic heterocycles. The molecule has 0 aliphatic heterocycles. The molecule has 0 N–H and O–H groups in total. The van der Waals surface area contributed by atoms with Gasteiger partial charge in [-0.25, -0.2) is 0 Å². The second-order valence-corrected chi connectivity index (χ2v) is 0. The molecule has 4 heteroatoms. The Balaban J connectivity index is 0. The van der Waals surface area contributed by atoms with Crippen LogP contribution in [0.25, 0.3) is 0 Å². The molecule has 0 bridgehead atoms. The van der Waals surface area contributed by atoms with Gasteiger partial charge in [0.25, 0.3) is 0 Å². The van der Waals surface area contributed by atoms with Crippen molar-refractivity contribution >= 4 is 17.4 Å². The molecule has 0 saturated heterocycles. The van der Waals surface area contributed by atoms with E-state index in [4.69, 9.17) is 0 Å². The maximum Gasteiger partial charge on any atom is 3.00 e. The first-order valence-electron chi connectivity index (χ1n) is 0. The topological polar surface area (TPSA) is 0 Å². The van der Waals surface area contributed by atoms with Gasteiger partial charge in [0.05, 0.1) is 0 Å². The van der Waals surface area contributed by atoms with E-state index in [1.807, 2.05) is 0 Å². The predicted molar refractivity (Wildman–Crippen MR) is 5.75 cm³/mol. The van der Waals surface area contributed by atoms with Gasteiger partial charge in [-0.05, 0) is 0 Å². The van der Waals surface area contributed by atoms with Gasteiger partial charge in [-0.15, -0.1) is 0 Å². The smallest absolute Gasteiger partial charge is 1.00 e. The Labute approximate surface area is 67.8 Å². The molecule has 4 heavy (non-hydrogen) atoms. The summed E-state index contributed by atoms with van der Waals surface area (Å²) in [5, 5.41) is 0. The predicted octanol–water partition coefficient (Wildman–Crippen LogP) is -6.38. The molecule has 0 heterocycles. The summed E-state index contributed by atoms with van der Waals surface area (Å²) in [5.41, 5.74) is 0. The Morgan fingerprint density at radius 2 is 0.750 bits per heavy atom. The van der Waals surface area contributed by atoms with Crippen LogP contribution in [-0.2, 0) is 26.2 Å². The van der Waals surface area contributed by atoms with Gasteiger partial charge in [-0.2, -0.15) is 0 Å². The van der Waals surface area contributed by atoms with Crippen LogP contribution >= 0.6 is 0 Å². The van der Waals surface area contributed by atoms with Gasteiger partial charge < -0.3 is 24.8 Å². The summed E-state index contributed by atoms with van der Waals surface area (Å²) in [4.78, 5) is 0. The Kier molecular flexibility index (Phi) is 188. The van der Waals surface area contributed by atoms with Crippen LogP contribution in [0.5, 0.6) is 0 Å². The zero-order valence-electron chi connectivity index (χ0n) is 1.83. The van der Waals surface area contributed by atoms with E-state index in [9.17, 15) is 0 Å². The average Bonchev–Trinajstić information content (AvgIpc) is 0. The van der Waals surface area contributed by atoms with E-state index in [-0.39, 0.29) is 68.4 Å². The van der Waals surface area contributed by atoms with Crippen LogP contribution in [0.2, 0.25) is 0 Å². The maximum atomic E-state index is 0.